The van der Waals surface area contributed by atoms with Crippen molar-refractivity contribution in [2.75, 3.05) is 0 Å². The molecule has 4 aromatic rings. The second-order valence-electron chi connectivity index (χ2n) is 7.85. The summed E-state index contributed by atoms with van der Waals surface area (Å²) in [6, 6.07) is 18.4. The summed E-state index contributed by atoms with van der Waals surface area (Å²) in [5.74, 6) is -1.66. The van der Waals surface area contributed by atoms with E-state index in [1.807, 2.05) is 30.3 Å². The molecule has 2 N–H and O–H groups in total. The standard InChI is InChI=1S/C26H19Cl3N2O3/c1-14-3-2-4-19(28)24(14)25(32)31-23(26(33)34)12-15-5-9-21-16(11-15)6-10-22(30-21)18-8-7-17(27)13-20(18)29/h2-11,13,23H,12H2,1H3,(H,31,32)(H,33,34). The number of rotatable bonds is 6. The lowest BCUT2D eigenvalue weighted by Gasteiger charge is -2.16. The Hall–Kier alpha value is -3.12. The average molecular weight is 514 g/mol. The first-order chi connectivity index (χ1) is 16.2. The number of hydrogen-bond donors (Lipinski definition) is 2. The van der Waals surface area contributed by atoms with Crippen molar-refractivity contribution in [1.82, 2.24) is 10.3 Å². The average Bonchev–Trinajstić information content (AvgIpc) is 2.78. The Morgan fingerprint density at radius 2 is 1.76 bits per heavy atom. The summed E-state index contributed by atoms with van der Waals surface area (Å²) in [7, 11) is 0. The summed E-state index contributed by atoms with van der Waals surface area (Å²) in [4.78, 5) is 29.3. The minimum absolute atomic E-state index is 0.102. The van der Waals surface area contributed by atoms with Gasteiger partial charge in [0.05, 0.1) is 26.8 Å². The van der Waals surface area contributed by atoms with Crippen LogP contribution in [0.2, 0.25) is 15.1 Å². The number of nitrogens with zero attached hydrogens (tertiary/aromatic N) is 1. The summed E-state index contributed by atoms with van der Waals surface area (Å²) >= 11 is 18.5. The van der Waals surface area contributed by atoms with Gasteiger partial charge in [0.15, 0.2) is 0 Å². The fraction of sp³-hybridized carbons (Fsp3) is 0.115. The van der Waals surface area contributed by atoms with E-state index in [0.717, 1.165) is 22.0 Å². The minimum atomic E-state index is -1.14. The van der Waals surface area contributed by atoms with Crippen molar-refractivity contribution in [3.05, 3.63) is 98.5 Å². The molecule has 8 heteroatoms. The zero-order valence-electron chi connectivity index (χ0n) is 18.0. The zero-order chi connectivity index (χ0) is 24.4. The Labute approximate surface area is 211 Å². The van der Waals surface area contributed by atoms with Crippen LogP contribution in [0.25, 0.3) is 22.2 Å². The van der Waals surface area contributed by atoms with Crippen molar-refractivity contribution >= 4 is 57.6 Å². The summed E-state index contributed by atoms with van der Waals surface area (Å²) in [6.07, 6.45) is 0.102. The van der Waals surface area contributed by atoms with E-state index in [1.54, 1.807) is 43.3 Å². The number of amides is 1. The SMILES string of the molecule is Cc1cccc(Cl)c1C(=O)NC(Cc1ccc2nc(-c3ccc(Cl)cc3Cl)ccc2c1)C(=O)O. The number of nitrogens with one attached hydrogen (secondary N) is 1. The van der Waals surface area contributed by atoms with Crippen molar-refractivity contribution < 1.29 is 14.7 Å². The molecule has 0 aliphatic rings. The van der Waals surface area contributed by atoms with Crippen molar-refractivity contribution in [3.63, 3.8) is 0 Å². The maximum absolute atomic E-state index is 12.7. The van der Waals surface area contributed by atoms with Crippen LogP contribution in [-0.4, -0.2) is 28.0 Å². The van der Waals surface area contributed by atoms with Crippen LogP contribution in [0, 0.1) is 6.92 Å². The van der Waals surface area contributed by atoms with Gasteiger partial charge in [-0.25, -0.2) is 9.78 Å². The highest BCUT2D eigenvalue weighted by atomic mass is 35.5. The number of fused-ring (bicyclic) bond motifs is 1. The number of benzene rings is 3. The third kappa shape index (κ3) is 5.17. The van der Waals surface area contributed by atoms with Crippen molar-refractivity contribution in [2.45, 2.75) is 19.4 Å². The van der Waals surface area contributed by atoms with E-state index >= 15 is 0 Å². The fourth-order valence-corrected chi connectivity index (χ4v) is 4.55. The minimum Gasteiger partial charge on any atom is -0.480 e. The predicted molar refractivity (Wildman–Crippen MR) is 136 cm³/mol. The predicted octanol–water partition coefficient (Wildman–Crippen LogP) is 6.60. The molecule has 1 aromatic heterocycles. The molecule has 0 radical (unpaired) electrons. The van der Waals surface area contributed by atoms with Crippen LogP contribution in [-0.2, 0) is 11.2 Å². The van der Waals surface area contributed by atoms with Gasteiger partial charge < -0.3 is 10.4 Å². The van der Waals surface area contributed by atoms with E-state index in [2.05, 4.69) is 10.3 Å². The van der Waals surface area contributed by atoms with Crippen LogP contribution in [0.5, 0.6) is 0 Å². The van der Waals surface area contributed by atoms with E-state index in [4.69, 9.17) is 34.8 Å². The smallest absolute Gasteiger partial charge is 0.326 e. The Balaban J connectivity index is 1.57. The summed E-state index contributed by atoms with van der Waals surface area (Å²) < 4.78 is 0. The molecule has 0 aliphatic heterocycles. The molecule has 1 atom stereocenters. The molecule has 0 saturated heterocycles. The molecule has 0 aliphatic carbocycles. The normalized spacial score (nSPS) is 11.9. The molecule has 3 aromatic carbocycles. The van der Waals surface area contributed by atoms with Gasteiger partial charge in [-0.3, -0.25) is 4.79 Å². The Kier molecular flexibility index (Phi) is 7.08. The Morgan fingerprint density at radius 1 is 0.971 bits per heavy atom. The number of aryl methyl sites for hydroxylation is 1. The summed E-state index contributed by atoms with van der Waals surface area (Å²) in [5.41, 5.74) is 3.88. The maximum atomic E-state index is 12.7. The van der Waals surface area contributed by atoms with Gasteiger partial charge in [0.2, 0.25) is 0 Å². The van der Waals surface area contributed by atoms with Crippen molar-refractivity contribution in [2.24, 2.45) is 0 Å². The number of hydrogen-bond acceptors (Lipinski definition) is 3. The topological polar surface area (TPSA) is 79.3 Å². The molecule has 1 unspecified atom stereocenters. The molecule has 4 rings (SSSR count). The van der Waals surface area contributed by atoms with Gasteiger partial charge in [-0.05, 0) is 60.5 Å². The number of pyridine rings is 1. The number of carbonyl (C=O) groups is 2. The molecule has 0 fully saturated rings. The molecule has 0 bridgehead atoms. The van der Waals surface area contributed by atoms with Crippen molar-refractivity contribution in [1.29, 1.82) is 0 Å². The second kappa shape index (κ2) is 10.0. The fourth-order valence-electron chi connectivity index (χ4n) is 3.73. The number of aliphatic carboxylic acids is 1. The van der Waals surface area contributed by atoms with Crippen LogP contribution in [0.15, 0.2) is 66.7 Å². The van der Waals surface area contributed by atoms with Crippen LogP contribution < -0.4 is 5.32 Å². The van der Waals surface area contributed by atoms with E-state index in [-0.39, 0.29) is 17.0 Å². The second-order valence-corrected chi connectivity index (χ2v) is 9.10. The number of carboxylic acids is 1. The van der Waals surface area contributed by atoms with Gasteiger partial charge in [0.25, 0.3) is 5.91 Å². The number of aromatic nitrogens is 1. The molecule has 0 saturated carbocycles. The number of carboxylic acid groups (broad SMARTS) is 1. The first kappa shape index (κ1) is 24.0. The lowest BCUT2D eigenvalue weighted by Crippen LogP contribution is -2.42. The summed E-state index contributed by atoms with van der Waals surface area (Å²) in [6.45, 7) is 1.75. The maximum Gasteiger partial charge on any atom is 0.326 e. The van der Waals surface area contributed by atoms with Gasteiger partial charge >= 0.3 is 5.97 Å². The Morgan fingerprint density at radius 3 is 2.47 bits per heavy atom. The van der Waals surface area contributed by atoms with Crippen LogP contribution in [0.3, 0.4) is 0 Å². The molecule has 1 amide bonds. The molecular weight excluding hydrogens is 495 g/mol. The summed E-state index contributed by atoms with van der Waals surface area (Å²) in [5, 5.41) is 14.5. The lowest BCUT2D eigenvalue weighted by atomic mass is 10.0. The molecule has 1 heterocycles. The molecule has 5 nitrogen and oxygen atoms in total. The zero-order valence-corrected chi connectivity index (χ0v) is 20.2. The highest BCUT2D eigenvalue weighted by molar-refractivity contribution is 6.36. The third-order valence-corrected chi connectivity index (χ3v) is 6.32. The van der Waals surface area contributed by atoms with Crippen molar-refractivity contribution in [3.8, 4) is 11.3 Å². The molecule has 34 heavy (non-hydrogen) atoms. The van der Waals surface area contributed by atoms with E-state index < -0.39 is 17.9 Å². The molecule has 172 valence electrons. The Bertz CT molecular complexity index is 1400. The highest BCUT2D eigenvalue weighted by Gasteiger charge is 2.23. The highest BCUT2D eigenvalue weighted by Crippen LogP contribution is 2.30. The van der Waals surface area contributed by atoms with Gasteiger partial charge in [-0.2, -0.15) is 0 Å². The molecular formula is C26H19Cl3N2O3. The first-order valence-electron chi connectivity index (χ1n) is 10.4. The van der Waals surface area contributed by atoms with E-state index in [1.165, 1.54) is 0 Å². The van der Waals surface area contributed by atoms with Gasteiger partial charge in [0.1, 0.15) is 6.04 Å². The van der Waals surface area contributed by atoms with Crippen LogP contribution in [0.1, 0.15) is 21.5 Å². The number of carbonyl (C=O) groups excluding carboxylic acids is 1. The van der Waals surface area contributed by atoms with E-state index in [0.29, 0.717) is 21.3 Å². The number of halogens is 3. The first-order valence-corrected chi connectivity index (χ1v) is 11.5. The van der Waals surface area contributed by atoms with Gasteiger partial charge in [-0.1, -0.05) is 59.1 Å². The van der Waals surface area contributed by atoms with Crippen LogP contribution >= 0.6 is 34.8 Å². The van der Waals surface area contributed by atoms with E-state index in [9.17, 15) is 14.7 Å². The van der Waals surface area contributed by atoms with Gasteiger partial charge in [-0.15, -0.1) is 0 Å². The van der Waals surface area contributed by atoms with Crippen LogP contribution in [0.4, 0.5) is 0 Å². The quantitative estimate of drug-likeness (QED) is 0.305. The monoisotopic (exact) mass is 512 g/mol. The molecule has 0 spiro atoms. The third-order valence-electron chi connectivity index (χ3n) is 5.45. The largest absolute Gasteiger partial charge is 0.480 e. The van der Waals surface area contributed by atoms with Gasteiger partial charge in [0, 0.05) is 22.4 Å². The lowest BCUT2D eigenvalue weighted by molar-refractivity contribution is -0.139.